The van der Waals surface area contributed by atoms with Crippen LogP contribution in [-0.4, -0.2) is 30.6 Å². The van der Waals surface area contributed by atoms with Crippen LogP contribution < -0.4 is 0 Å². The first kappa shape index (κ1) is 19.6. The molecule has 0 aliphatic rings. The molecule has 0 N–H and O–H groups in total. The van der Waals surface area contributed by atoms with E-state index in [9.17, 15) is 17.7 Å². The second-order valence-electron chi connectivity index (χ2n) is 6.04. The summed E-state index contributed by atoms with van der Waals surface area (Å²) in [5.74, 6) is 0.0439. The van der Waals surface area contributed by atoms with E-state index in [0.717, 1.165) is 23.1 Å². The van der Waals surface area contributed by atoms with E-state index in [0.29, 0.717) is 15.6 Å². The third-order valence-electron chi connectivity index (χ3n) is 4.08. The van der Waals surface area contributed by atoms with Crippen molar-refractivity contribution in [1.29, 1.82) is 0 Å². The van der Waals surface area contributed by atoms with Crippen LogP contribution in [0.15, 0.2) is 65.7 Å². The lowest BCUT2D eigenvalue weighted by Crippen LogP contribution is -2.05. The summed E-state index contributed by atoms with van der Waals surface area (Å²) < 4.78 is 52.8. The zero-order valence-corrected chi connectivity index (χ0v) is 16.6. The summed E-state index contributed by atoms with van der Waals surface area (Å²) in [5.41, 5.74) is 0.251. The third-order valence-corrected chi connectivity index (χ3v) is 5.98. The molecule has 0 saturated carbocycles. The van der Waals surface area contributed by atoms with Gasteiger partial charge < -0.3 is 4.55 Å². The van der Waals surface area contributed by atoms with Crippen LogP contribution in [0.5, 0.6) is 0 Å². The first-order valence-electron chi connectivity index (χ1n) is 8.32. The minimum Gasteiger partial charge on any atom is -0.612 e. The Hall–Kier alpha value is -2.69. The maximum atomic E-state index is 13.3. The van der Waals surface area contributed by atoms with E-state index in [1.807, 2.05) is 30.3 Å². The molecule has 0 bridgehead atoms. The van der Waals surface area contributed by atoms with Crippen LogP contribution in [0.1, 0.15) is 5.69 Å². The summed E-state index contributed by atoms with van der Waals surface area (Å²) in [6.45, 7) is 0. The van der Waals surface area contributed by atoms with Crippen molar-refractivity contribution in [2.45, 2.75) is 11.1 Å². The predicted molar refractivity (Wildman–Crippen MR) is 105 cm³/mol. The van der Waals surface area contributed by atoms with Gasteiger partial charge in [-0.05, 0) is 35.4 Å². The van der Waals surface area contributed by atoms with Crippen molar-refractivity contribution in [3.63, 3.8) is 0 Å². The molecular formula is C19H13F3N4OS2. The Morgan fingerprint density at radius 3 is 2.24 bits per heavy atom. The van der Waals surface area contributed by atoms with Gasteiger partial charge in [-0.1, -0.05) is 41.7 Å². The van der Waals surface area contributed by atoms with Gasteiger partial charge in [0.1, 0.15) is 11.3 Å². The summed E-state index contributed by atoms with van der Waals surface area (Å²) >= 11 is -0.0285. The van der Waals surface area contributed by atoms with Crippen LogP contribution >= 0.6 is 11.3 Å². The molecule has 10 heteroatoms. The number of hydrogen-bond donors (Lipinski definition) is 0. The van der Waals surface area contributed by atoms with Gasteiger partial charge >= 0.3 is 6.18 Å². The highest BCUT2D eigenvalue weighted by molar-refractivity contribution is 7.90. The van der Waals surface area contributed by atoms with Crippen LogP contribution in [0.3, 0.4) is 0 Å². The van der Waals surface area contributed by atoms with Gasteiger partial charge in [-0.15, -0.1) is 10.2 Å². The lowest BCUT2D eigenvalue weighted by molar-refractivity contribution is -0.140. The fraction of sp³-hybridized carbons (Fsp3) is 0.105. The molecule has 2 heterocycles. The van der Waals surface area contributed by atoms with Crippen molar-refractivity contribution in [1.82, 2.24) is 19.7 Å². The van der Waals surface area contributed by atoms with Gasteiger partial charge in [0.05, 0.1) is 0 Å². The minimum atomic E-state index is -4.60. The van der Waals surface area contributed by atoms with E-state index >= 15 is 0 Å². The van der Waals surface area contributed by atoms with E-state index in [-0.39, 0.29) is 10.8 Å². The molecule has 148 valence electrons. The zero-order valence-electron chi connectivity index (χ0n) is 14.9. The number of rotatable bonds is 4. The molecule has 4 rings (SSSR count). The molecule has 1 unspecified atom stereocenters. The highest BCUT2D eigenvalue weighted by Gasteiger charge is 2.35. The number of halogens is 3. The molecule has 0 amide bonds. The molecule has 2 aromatic heterocycles. The molecule has 0 radical (unpaired) electrons. The Bertz CT molecular complexity index is 1120. The molecule has 0 fully saturated rings. The number of nitrogens with zero attached hydrogens (tertiary/aromatic N) is 4. The molecule has 4 aromatic rings. The van der Waals surface area contributed by atoms with E-state index < -0.39 is 23.0 Å². The molecular weight excluding hydrogens is 421 g/mol. The molecule has 0 aliphatic carbocycles. The first-order valence-corrected chi connectivity index (χ1v) is 10.7. The molecule has 2 aromatic carbocycles. The Kier molecular flexibility index (Phi) is 5.15. The molecule has 0 aliphatic heterocycles. The Morgan fingerprint density at radius 1 is 0.966 bits per heavy atom. The van der Waals surface area contributed by atoms with Gasteiger partial charge in [0.15, 0.2) is 21.4 Å². The minimum absolute atomic E-state index is 0.0439. The van der Waals surface area contributed by atoms with Gasteiger partial charge in [0, 0.05) is 17.4 Å². The van der Waals surface area contributed by atoms with Gasteiger partial charge in [0.2, 0.25) is 0 Å². The maximum absolute atomic E-state index is 13.3. The summed E-state index contributed by atoms with van der Waals surface area (Å²) in [4.78, 5) is 4.36. The maximum Gasteiger partial charge on any atom is 0.434 e. The highest BCUT2D eigenvalue weighted by atomic mass is 32.2. The fourth-order valence-corrected chi connectivity index (χ4v) is 4.03. The Balaban J connectivity index is 1.80. The smallest absolute Gasteiger partial charge is 0.434 e. The van der Waals surface area contributed by atoms with Crippen molar-refractivity contribution in [3.8, 4) is 27.1 Å². The van der Waals surface area contributed by atoms with Crippen molar-refractivity contribution in [3.05, 3.63) is 66.5 Å². The average molecular weight is 434 g/mol. The van der Waals surface area contributed by atoms with Crippen LogP contribution in [0.4, 0.5) is 13.2 Å². The van der Waals surface area contributed by atoms with Crippen LogP contribution in [0.25, 0.3) is 27.1 Å². The summed E-state index contributed by atoms with van der Waals surface area (Å²) in [6, 6.07) is 15.7. The quantitative estimate of drug-likeness (QED) is 0.432. The van der Waals surface area contributed by atoms with Gasteiger partial charge in [0.25, 0.3) is 0 Å². The number of aromatic nitrogens is 4. The first-order chi connectivity index (χ1) is 13.8. The second kappa shape index (κ2) is 7.62. The summed E-state index contributed by atoms with van der Waals surface area (Å²) in [5, 5.41) is 9.01. The second-order valence-corrected chi connectivity index (χ2v) is 8.40. The molecule has 0 saturated heterocycles. The molecule has 0 spiro atoms. The summed E-state index contributed by atoms with van der Waals surface area (Å²) in [7, 11) is 0. The van der Waals surface area contributed by atoms with E-state index in [1.54, 1.807) is 24.3 Å². The van der Waals surface area contributed by atoms with E-state index in [4.69, 9.17) is 0 Å². The topological polar surface area (TPSA) is 66.7 Å². The predicted octanol–water partition coefficient (Wildman–Crippen LogP) is 4.81. The van der Waals surface area contributed by atoms with Gasteiger partial charge in [-0.25, -0.2) is 4.98 Å². The summed E-state index contributed by atoms with van der Waals surface area (Å²) in [6.07, 6.45) is -2.14. The normalized spacial score (nSPS) is 12.9. The molecule has 1 atom stereocenters. The van der Waals surface area contributed by atoms with Crippen molar-refractivity contribution in [2.24, 2.45) is 0 Å². The van der Waals surface area contributed by atoms with Crippen molar-refractivity contribution >= 4 is 22.5 Å². The van der Waals surface area contributed by atoms with Crippen LogP contribution in [-0.2, 0) is 17.4 Å². The SMILES string of the molecule is C[S+]([O-])c1ccc(-n2cc(C(F)(F)F)nc2-c2nnc(-c3ccccc3)s2)cc1. The number of alkyl halides is 3. The van der Waals surface area contributed by atoms with Gasteiger partial charge in [-0.2, -0.15) is 13.2 Å². The monoisotopic (exact) mass is 434 g/mol. The molecule has 5 nitrogen and oxygen atoms in total. The fourth-order valence-electron chi connectivity index (χ4n) is 2.67. The van der Waals surface area contributed by atoms with E-state index in [2.05, 4.69) is 15.2 Å². The third kappa shape index (κ3) is 4.04. The number of benzene rings is 2. The number of imidazole rings is 1. The Morgan fingerprint density at radius 2 is 1.62 bits per heavy atom. The number of hydrogen-bond acceptors (Lipinski definition) is 5. The standard InChI is InChI=1S/C19H13F3N4OS2/c1-29(27)14-9-7-13(8-10-14)26-11-15(19(20,21)22)23-16(26)18-25-24-17(28-18)12-5-3-2-4-6-12/h2-11H,1H3. The van der Waals surface area contributed by atoms with Crippen LogP contribution in [0.2, 0.25) is 0 Å². The van der Waals surface area contributed by atoms with Crippen molar-refractivity contribution in [2.75, 3.05) is 6.26 Å². The lowest BCUT2D eigenvalue weighted by atomic mass is 10.2. The Labute approximate surface area is 171 Å². The largest absolute Gasteiger partial charge is 0.612 e. The lowest BCUT2D eigenvalue weighted by Gasteiger charge is -2.08. The van der Waals surface area contributed by atoms with Gasteiger partial charge in [-0.3, -0.25) is 4.57 Å². The van der Waals surface area contributed by atoms with Crippen LogP contribution in [0, 0.1) is 0 Å². The van der Waals surface area contributed by atoms with Crippen molar-refractivity contribution < 1.29 is 17.7 Å². The average Bonchev–Trinajstić information content (AvgIpc) is 3.36. The molecule has 29 heavy (non-hydrogen) atoms. The van der Waals surface area contributed by atoms with E-state index in [1.165, 1.54) is 10.8 Å². The zero-order chi connectivity index (χ0) is 20.6. The highest BCUT2D eigenvalue weighted by Crippen LogP contribution is 2.35.